The Morgan fingerprint density at radius 1 is 1.19 bits per heavy atom. The highest BCUT2D eigenvalue weighted by atomic mass is 19.1. The highest BCUT2D eigenvalue weighted by molar-refractivity contribution is 5.69. The van der Waals surface area contributed by atoms with Crippen molar-refractivity contribution in [1.29, 1.82) is 0 Å². The lowest BCUT2D eigenvalue weighted by Crippen LogP contribution is -1.98. The maximum absolute atomic E-state index is 14.0. The molecule has 3 aromatic rings. The SMILES string of the molecule is O=C(O)CCc1nc(-c2ccccc2F)n2ccccc12. The van der Waals surface area contributed by atoms with E-state index in [-0.39, 0.29) is 12.2 Å². The van der Waals surface area contributed by atoms with E-state index < -0.39 is 5.97 Å². The van der Waals surface area contributed by atoms with Gasteiger partial charge in [-0.3, -0.25) is 9.20 Å². The van der Waals surface area contributed by atoms with Gasteiger partial charge in [0.05, 0.1) is 23.2 Å². The van der Waals surface area contributed by atoms with Crippen molar-refractivity contribution >= 4 is 11.5 Å². The molecule has 0 amide bonds. The van der Waals surface area contributed by atoms with E-state index in [4.69, 9.17) is 5.11 Å². The molecule has 2 heterocycles. The van der Waals surface area contributed by atoms with Gasteiger partial charge in [0.25, 0.3) is 0 Å². The molecule has 0 spiro atoms. The smallest absolute Gasteiger partial charge is 0.303 e. The number of aliphatic carboxylic acids is 1. The van der Waals surface area contributed by atoms with E-state index in [0.717, 1.165) is 5.52 Å². The van der Waals surface area contributed by atoms with Crippen LogP contribution in [-0.2, 0) is 11.2 Å². The predicted molar refractivity (Wildman–Crippen MR) is 76.5 cm³/mol. The van der Waals surface area contributed by atoms with Crippen LogP contribution in [0.1, 0.15) is 12.1 Å². The first-order chi connectivity index (χ1) is 10.2. The van der Waals surface area contributed by atoms with Crippen molar-refractivity contribution in [1.82, 2.24) is 9.38 Å². The molecule has 21 heavy (non-hydrogen) atoms. The second-order valence-electron chi connectivity index (χ2n) is 4.71. The van der Waals surface area contributed by atoms with Crippen LogP contribution >= 0.6 is 0 Å². The number of hydrogen-bond acceptors (Lipinski definition) is 2. The Bertz CT molecular complexity index is 811. The summed E-state index contributed by atoms with van der Waals surface area (Å²) in [7, 11) is 0. The number of aromatic nitrogens is 2. The number of hydrogen-bond donors (Lipinski definition) is 1. The van der Waals surface area contributed by atoms with E-state index in [0.29, 0.717) is 23.5 Å². The Hall–Kier alpha value is -2.69. The van der Waals surface area contributed by atoms with Crippen LogP contribution in [-0.4, -0.2) is 20.5 Å². The number of pyridine rings is 1. The molecule has 0 atom stereocenters. The summed E-state index contributed by atoms with van der Waals surface area (Å²) in [5.41, 5.74) is 1.87. The molecule has 0 saturated carbocycles. The first-order valence-electron chi connectivity index (χ1n) is 6.59. The van der Waals surface area contributed by atoms with Crippen LogP contribution in [0.5, 0.6) is 0 Å². The Balaban J connectivity index is 2.15. The maximum atomic E-state index is 14.0. The molecule has 0 saturated heterocycles. The molecule has 0 aliphatic rings. The summed E-state index contributed by atoms with van der Waals surface area (Å²) in [6.45, 7) is 0. The molecule has 1 aromatic carbocycles. The number of carboxylic acid groups (broad SMARTS) is 1. The Labute approximate surface area is 120 Å². The van der Waals surface area contributed by atoms with Crippen LogP contribution in [0.3, 0.4) is 0 Å². The van der Waals surface area contributed by atoms with Crippen LogP contribution in [0.4, 0.5) is 4.39 Å². The Kier molecular flexibility index (Phi) is 3.39. The summed E-state index contributed by atoms with van der Waals surface area (Å²) in [5, 5.41) is 8.82. The molecular weight excluding hydrogens is 271 g/mol. The molecule has 0 aliphatic heterocycles. The zero-order valence-corrected chi connectivity index (χ0v) is 11.2. The van der Waals surface area contributed by atoms with Gasteiger partial charge in [0.1, 0.15) is 11.6 Å². The maximum Gasteiger partial charge on any atom is 0.303 e. The molecule has 2 aromatic heterocycles. The van der Waals surface area contributed by atoms with Crippen molar-refractivity contribution in [3.05, 3.63) is 60.2 Å². The van der Waals surface area contributed by atoms with Crippen molar-refractivity contribution in [2.75, 3.05) is 0 Å². The van der Waals surface area contributed by atoms with E-state index in [9.17, 15) is 9.18 Å². The van der Waals surface area contributed by atoms with Crippen molar-refractivity contribution in [3.63, 3.8) is 0 Å². The van der Waals surface area contributed by atoms with E-state index in [2.05, 4.69) is 4.98 Å². The van der Waals surface area contributed by atoms with E-state index in [1.807, 2.05) is 18.2 Å². The van der Waals surface area contributed by atoms with Crippen LogP contribution in [0.25, 0.3) is 16.9 Å². The highest BCUT2D eigenvalue weighted by Crippen LogP contribution is 2.25. The van der Waals surface area contributed by atoms with E-state index in [1.165, 1.54) is 6.07 Å². The minimum Gasteiger partial charge on any atom is -0.481 e. The molecule has 0 unspecified atom stereocenters. The lowest BCUT2D eigenvalue weighted by atomic mass is 10.2. The molecule has 1 N–H and O–H groups in total. The quantitative estimate of drug-likeness (QED) is 0.800. The van der Waals surface area contributed by atoms with Gasteiger partial charge >= 0.3 is 5.97 Å². The third kappa shape index (κ3) is 2.50. The molecule has 0 fully saturated rings. The lowest BCUT2D eigenvalue weighted by molar-refractivity contribution is -0.136. The summed E-state index contributed by atoms with van der Waals surface area (Å²) in [6, 6.07) is 12.0. The fraction of sp³-hybridized carbons (Fsp3) is 0.125. The van der Waals surface area contributed by atoms with Gasteiger partial charge in [-0.15, -0.1) is 0 Å². The van der Waals surface area contributed by atoms with E-state index in [1.54, 1.807) is 28.8 Å². The average Bonchev–Trinajstić information content (AvgIpc) is 2.84. The first kappa shape index (κ1) is 13.3. The summed E-state index contributed by atoms with van der Waals surface area (Å²) < 4.78 is 15.8. The van der Waals surface area contributed by atoms with Gasteiger partial charge in [-0.25, -0.2) is 9.37 Å². The van der Waals surface area contributed by atoms with Crippen molar-refractivity contribution < 1.29 is 14.3 Å². The predicted octanol–water partition coefficient (Wildman–Crippen LogP) is 3.16. The second-order valence-corrected chi connectivity index (χ2v) is 4.71. The average molecular weight is 284 g/mol. The number of carbonyl (C=O) groups is 1. The fourth-order valence-electron chi connectivity index (χ4n) is 2.34. The summed E-state index contributed by atoms with van der Waals surface area (Å²) in [4.78, 5) is 15.2. The number of halogens is 1. The molecule has 0 bridgehead atoms. The number of aryl methyl sites for hydroxylation is 1. The van der Waals surface area contributed by atoms with Crippen molar-refractivity contribution in [2.45, 2.75) is 12.8 Å². The third-order valence-corrected chi connectivity index (χ3v) is 3.32. The Morgan fingerprint density at radius 2 is 1.95 bits per heavy atom. The zero-order valence-electron chi connectivity index (χ0n) is 11.2. The van der Waals surface area contributed by atoms with Crippen molar-refractivity contribution in [2.24, 2.45) is 0 Å². The standard InChI is InChI=1S/C16H13FN2O2/c17-12-6-2-1-5-11(12)16-18-13(8-9-15(20)21)14-7-3-4-10-19(14)16/h1-7,10H,8-9H2,(H,20,21). The van der Waals surface area contributed by atoms with Crippen LogP contribution in [0.2, 0.25) is 0 Å². The molecule has 5 heteroatoms. The van der Waals surface area contributed by atoms with Gasteiger partial charge in [-0.2, -0.15) is 0 Å². The summed E-state index contributed by atoms with van der Waals surface area (Å²) >= 11 is 0. The normalized spacial score (nSPS) is 10.9. The van der Waals surface area contributed by atoms with Gasteiger partial charge in [-0.05, 0) is 24.3 Å². The molecule has 0 radical (unpaired) electrons. The van der Waals surface area contributed by atoms with Crippen LogP contribution in [0.15, 0.2) is 48.7 Å². The topological polar surface area (TPSA) is 54.6 Å². The summed E-state index contributed by atoms with van der Waals surface area (Å²) in [5.74, 6) is -0.735. The van der Waals surface area contributed by atoms with Crippen LogP contribution in [0, 0.1) is 5.82 Å². The third-order valence-electron chi connectivity index (χ3n) is 3.32. The van der Waals surface area contributed by atoms with Gasteiger partial charge in [0, 0.05) is 12.6 Å². The van der Waals surface area contributed by atoms with Gasteiger partial charge in [0.2, 0.25) is 0 Å². The monoisotopic (exact) mass is 284 g/mol. The number of benzene rings is 1. The number of fused-ring (bicyclic) bond motifs is 1. The van der Waals surface area contributed by atoms with Gasteiger partial charge in [0.15, 0.2) is 0 Å². The molecular formula is C16H13FN2O2. The molecule has 3 rings (SSSR count). The number of nitrogens with zero attached hydrogens (tertiary/aromatic N) is 2. The zero-order chi connectivity index (χ0) is 14.8. The van der Waals surface area contributed by atoms with Crippen LogP contribution < -0.4 is 0 Å². The lowest BCUT2D eigenvalue weighted by Gasteiger charge is -2.01. The number of imidazole rings is 1. The minimum atomic E-state index is -0.875. The fourth-order valence-corrected chi connectivity index (χ4v) is 2.34. The molecule has 106 valence electrons. The minimum absolute atomic E-state index is 0.00171. The molecule has 0 aliphatic carbocycles. The van der Waals surface area contributed by atoms with Gasteiger partial charge < -0.3 is 5.11 Å². The summed E-state index contributed by atoms with van der Waals surface area (Å²) in [6.07, 6.45) is 2.12. The van der Waals surface area contributed by atoms with E-state index >= 15 is 0 Å². The van der Waals surface area contributed by atoms with Gasteiger partial charge in [-0.1, -0.05) is 18.2 Å². The first-order valence-corrected chi connectivity index (χ1v) is 6.59. The largest absolute Gasteiger partial charge is 0.481 e. The number of rotatable bonds is 4. The second kappa shape index (κ2) is 5.36. The molecule has 4 nitrogen and oxygen atoms in total. The van der Waals surface area contributed by atoms with Crippen molar-refractivity contribution in [3.8, 4) is 11.4 Å². The highest BCUT2D eigenvalue weighted by Gasteiger charge is 2.15. The Morgan fingerprint density at radius 3 is 2.71 bits per heavy atom. The number of carboxylic acids is 1.